The minimum atomic E-state index is 0.488. The molecule has 3 rings (SSSR count). The molecule has 1 aliphatic rings. The first-order chi connectivity index (χ1) is 8.74. The van der Waals surface area contributed by atoms with E-state index < -0.39 is 0 Å². The molecule has 0 aliphatic heterocycles. The molecule has 2 aromatic rings. The second-order valence-corrected chi connectivity index (χ2v) is 5.50. The van der Waals surface area contributed by atoms with Crippen molar-refractivity contribution in [1.82, 2.24) is 4.98 Å². The first kappa shape index (κ1) is 11.6. The quantitative estimate of drug-likeness (QED) is 0.865. The average molecular weight is 244 g/mol. The second-order valence-electron chi connectivity index (χ2n) is 5.50. The van der Waals surface area contributed by atoms with E-state index in [0.717, 1.165) is 17.0 Å². The standard InChI is InChI=1S/C15H20N2O/c1-10-6-5-8-12(11(10)2)16-15-17-13-7-3-4-9-14(13)18-15/h3-4,7,9-12H,5-6,8H2,1-2H3,(H,16,17). The Morgan fingerprint density at radius 1 is 1.22 bits per heavy atom. The van der Waals surface area contributed by atoms with Gasteiger partial charge in [-0.05, 0) is 30.4 Å². The maximum atomic E-state index is 5.73. The van der Waals surface area contributed by atoms with E-state index in [4.69, 9.17) is 4.42 Å². The Hall–Kier alpha value is -1.51. The van der Waals surface area contributed by atoms with Crippen molar-refractivity contribution >= 4 is 17.1 Å². The zero-order chi connectivity index (χ0) is 12.5. The second kappa shape index (κ2) is 4.63. The van der Waals surface area contributed by atoms with Gasteiger partial charge in [-0.15, -0.1) is 0 Å². The van der Waals surface area contributed by atoms with Crippen molar-refractivity contribution < 1.29 is 4.42 Å². The first-order valence-corrected chi connectivity index (χ1v) is 6.86. The highest BCUT2D eigenvalue weighted by Gasteiger charge is 2.27. The van der Waals surface area contributed by atoms with Crippen molar-refractivity contribution in [2.75, 3.05) is 5.32 Å². The third-order valence-corrected chi connectivity index (χ3v) is 4.31. The molecule has 3 heteroatoms. The Balaban J connectivity index is 1.79. The van der Waals surface area contributed by atoms with Crippen LogP contribution in [0.1, 0.15) is 33.1 Å². The maximum absolute atomic E-state index is 5.73. The lowest BCUT2D eigenvalue weighted by Gasteiger charge is -2.34. The molecule has 0 spiro atoms. The summed E-state index contributed by atoms with van der Waals surface area (Å²) < 4.78 is 5.73. The monoisotopic (exact) mass is 244 g/mol. The van der Waals surface area contributed by atoms with Crippen LogP contribution in [0.4, 0.5) is 6.01 Å². The lowest BCUT2D eigenvalue weighted by Crippen LogP contribution is -2.35. The van der Waals surface area contributed by atoms with Gasteiger partial charge >= 0.3 is 0 Å². The molecule has 3 unspecified atom stereocenters. The van der Waals surface area contributed by atoms with E-state index in [0.29, 0.717) is 18.0 Å². The van der Waals surface area contributed by atoms with E-state index in [1.165, 1.54) is 19.3 Å². The highest BCUT2D eigenvalue weighted by Crippen LogP contribution is 2.32. The lowest BCUT2D eigenvalue weighted by molar-refractivity contribution is 0.250. The Morgan fingerprint density at radius 2 is 2.06 bits per heavy atom. The van der Waals surface area contributed by atoms with Crippen molar-refractivity contribution in [2.45, 2.75) is 39.2 Å². The summed E-state index contributed by atoms with van der Waals surface area (Å²) in [7, 11) is 0. The van der Waals surface area contributed by atoms with Crippen molar-refractivity contribution in [1.29, 1.82) is 0 Å². The molecule has 18 heavy (non-hydrogen) atoms. The van der Waals surface area contributed by atoms with E-state index >= 15 is 0 Å². The van der Waals surface area contributed by atoms with Gasteiger partial charge in [0.05, 0.1) is 0 Å². The number of fused-ring (bicyclic) bond motifs is 1. The summed E-state index contributed by atoms with van der Waals surface area (Å²) in [4.78, 5) is 4.49. The minimum absolute atomic E-state index is 0.488. The SMILES string of the molecule is CC1CCCC(Nc2nc3ccccc3o2)C1C. The van der Waals surface area contributed by atoms with Crippen LogP contribution in [0.5, 0.6) is 0 Å². The number of nitrogens with one attached hydrogen (secondary N) is 1. The smallest absolute Gasteiger partial charge is 0.295 e. The van der Waals surface area contributed by atoms with Gasteiger partial charge in [0.2, 0.25) is 0 Å². The molecule has 0 saturated heterocycles. The predicted octanol–water partition coefficient (Wildman–Crippen LogP) is 4.06. The molecule has 3 nitrogen and oxygen atoms in total. The van der Waals surface area contributed by atoms with E-state index in [9.17, 15) is 0 Å². The Kier molecular flexibility index (Phi) is 2.98. The molecule has 1 saturated carbocycles. The summed E-state index contributed by atoms with van der Waals surface area (Å²) in [5.74, 6) is 1.45. The van der Waals surface area contributed by atoms with Crippen molar-refractivity contribution in [3.8, 4) is 0 Å². The average Bonchev–Trinajstić information content (AvgIpc) is 2.77. The highest BCUT2D eigenvalue weighted by molar-refractivity contribution is 5.74. The van der Waals surface area contributed by atoms with Gasteiger partial charge < -0.3 is 9.73 Å². The summed E-state index contributed by atoms with van der Waals surface area (Å²) in [6.45, 7) is 4.66. The Bertz CT molecular complexity index is 501. The minimum Gasteiger partial charge on any atom is -0.424 e. The molecular weight excluding hydrogens is 224 g/mol. The van der Waals surface area contributed by atoms with Gasteiger partial charge in [0, 0.05) is 6.04 Å². The number of rotatable bonds is 2. The maximum Gasteiger partial charge on any atom is 0.295 e. The molecule has 1 aromatic heterocycles. The summed E-state index contributed by atoms with van der Waals surface area (Å²) in [5.41, 5.74) is 1.79. The third-order valence-electron chi connectivity index (χ3n) is 4.31. The molecule has 0 bridgehead atoms. The van der Waals surface area contributed by atoms with Crippen LogP contribution < -0.4 is 5.32 Å². The predicted molar refractivity (Wildman–Crippen MR) is 73.6 cm³/mol. The van der Waals surface area contributed by atoms with Gasteiger partial charge in [-0.2, -0.15) is 4.98 Å². The fraction of sp³-hybridized carbons (Fsp3) is 0.533. The number of aromatic nitrogens is 1. The molecule has 1 aromatic carbocycles. The molecule has 1 aliphatic carbocycles. The van der Waals surface area contributed by atoms with Crippen LogP contribution >= 0.6 is 0 Å². The largest absolute Gasteiger partial charge is 0.424 e. The molecular formula is C15H20N2O. The number of nitrogens with zero attached hydrogens (tertiary/aromatic N) is 1. The van der Waals surface area contributed by atoms with Crippen LogP contribution in [0.25, 0.3) is 11.1 Å². The Morgan fingerprint density at radius 3 is 2.89 bits per heavy atom. The molecule has 3 atom stereocenters. The van der Waals surface area contributed by atoms with Crippen molar-refractivity contribution in [3.05, 3.63) is 24.3 Å². The molecule has 0 radical (unpaired) electrons. The zero-order valence-corrected chi connectivity index (χ0v) is 11.0. The number of oxazole rings is 1. The van der Waals surface area contributed by atoms with Crippen molar-refractivity contribution in [2.24, 2.45) is 11.8 Å². The number of hydrogen-bond acceptors (Lipinski definition) is 3. The van der Waals surface area contributed by atoms with E-state index in [2.05, 4.69) is 24.1 Å². The third kappa shape index (κ3) is 2.09. The lowest BCUT2D eigenvalue weighted by atomic mass is 9.78. The summed E-state index contributed by atoms with van der Waals surface area (Å²) in [6.07, 6.45) is 3.85. The van der Waals surface area contributed by atoms with Crippen LogP contribution in [0, 0.1) is 11.8 Å². The van der Waals surface area contributed by atoms with Gasteiger partial charge in [-0.3, -0.25) is 0 Å². The van der Waals surface area contributed by atoms with Gasteiger partial charge in [0.1, 0.15) is 5.52 Å². The Labute approximate surface area is 108 Å². The molecule has 1 heterocycles. The summed E-state index contributed by atoms with van der Waals surface area (Å²) in [6, 6.07) is 9.06. The molecule has 1 N–H and O–H groups in total. The number of para-hydroxylation sites is 2. The summed E-state index contributed by atoms with van der Waals surface area (Å²) >= 11 is 0. The highest BCUT2D eigenvalue weighted by atomic mass is 16.4. The fourth-order valence-corrected chi connectivity index (χ4v) is 2.88. The van der Waals surface area contributed by atoms with Gasteiger partial charge in [-0.1, -0.05) is 38.8 Å². The molecule has 0 amide bonds. The van der Waals surface area contributed by atoms with Gasteiger partial charge in [0.25, 0.3) is 6.01 Å². The first-order valence-electron chi connectivity index (χ1n) is 6.86. The number of hydrogen-bond donors (Lipinski definition) is 1. The topological polar surface area (TPSA) is 38.1 Å². The normalized spacial score (nSPS) is 28.4. The molecule has 1 fully saturated rings. The number of benzene rings is 1. The van der Waals surface area contributed by atoms with E-state index in [1.807, 2.05) is 24.3 Å². The summed E-state index contributed by atoms with van der Waals surface area (Å²) in [5, 5.41) is 3.47. The fourth-order valence-electron chi connectivity index (χ4n) is 2.88. The van der Waals surface area contributed by atoms with Gasteiger partial charge in [-0.25, -0.2) is 0 Å². The zero-order valence-electron chi connectivity index (χ0n) is 11.0. The van der Waals surface area contributed by atoms with Gasteiger partial charge in [0.15, 0.2) is 5.58 Å². The van der Waals surface area contributed by atoms with E-state index in [1.54, 1.807) is 0 Å². The van der Waals surface area contributed by atoms with Crippen LogP contribution in [0.15, 0.2) is 28.7 Å². The number of anilines is 1. The van der Waals surface area contributed by atoms with Crippen LogP contribution in [-0.2, 0) is 0 Å². The van der Waals surface area contributed by atoms with E-state index in [-0.39, 0.29) is 0 Å². The van der Waals surface area contributed by atoms with Crippen molar-refractivity contribution in [3.63, 3.8) is 0 Å². The van der Waals surface area contributed by atoms with Crippen LogP contribution in [-0.4, -0.2) is 11.0 Å². The van der Waals surface area contributed by atoms with Crippen LogP contribution in [0.2, 0.25) is 0 Å². The molecule has 96 valence electrons. The van der Waals surface area contributed by atoms with Crippen LogP contribution in [0.3, 0.4) is 0 Å².